The number of nitrogens with zero attached hydrogens (tertiary/aromatic N) is 1. The molecule has 2 heteroatoms. The van der Waals surface area contributed by atoms with Crippen LogP contribution in [0, 0.1) is 5.41 Å². The number of allylic oxidation sites excluding steroid dienone is 8. The second-order valence-electron chi connectivity index (χ2n) is 14.0. The molecule has 0 aliphatic carbocycles. The van der Waals surface area contributed by atoms with Crippen molar-refractivity contribution in [2.24, 2.45) is 5.41 Å². The molecular weight excluding hydrogens is 534 g/mol. The molecule has 0 aromatic heterocycles. The number of aliphatic hydroxyl groups is 1. The van der Waals surface area contributed by atoms with Gasteiger partial charge in [-0.05, 0) is 88.9 Å². The van der Waals surface area contributed by atoms with Gasteiger partial charge in [0.15, 0.2) is 0 Å². The second-order valence-corrected chi connectivity index (χ2v) is 14.0. The molecule has 0 saturated carbocycles. The zero-order chi connectivity index (χ0) is 31.7. The van der Waals surface area contributed by atoms with Crippen LogP contribution < -0.4 is 0 Å². The topological polar surface area (TPSA) is 23.5 Å². The van der Waals surface area contributed by atoms with Gasteiger partial charge in [-0.25, -0.2) is 0 Å². The van der Waals surface area contributed by atoms with Crippen LogP contribution in [0.2, 0.25) is 0 Å². The quantitative estimate of drug-likeness (QED) is 0.0589. The van der Waals surface area contributed by atoms with Crippen molar-refractivity contribution in [3.8, 4) is 0 Å². The van der Waals surface area contributed by atoms with Crippen molar-refractivity contribution < 1.29 is 5.11 Å². The van der Waals surface area contributed by atoms with Gasteiger partial charge in [0.1, 0.15) is 0 Å². The number of rotatable bonds is 33. The van der Waals surface area contributed by atoms with E-state index < -0.39 is 0 Å². The highest BCUT2D eigenvalue weighted by Gasteiger charge is 2.40. The smallest absolute Gasteiger partial charge is 0.0443 e. The maximum absolute atomic E-state index is 9.24. The normalized spacial score (nSPS) is 15.5. The van der Waals surface area contributed by atoms with Crippen LogP contribution in [0.3, 0.4) is 0 Å². The fourth-order valence-electron chi connectivity index (χ4n) is 6.77. The molecule has 1 N–H and O–H groups in total. The fourth-order valence-corrected chi connectivity index (χ4v) is 6.77. The van der Waals surface area contributed by atoms with Crippen molar-refractivity contribution in [3.05, 3.63) is 48.6 Å². The van der Waals surface area contributed by atoms with Crippen molar-refractivity contribution in [1.29, 1.82) is 0 Å². The van der Waals surface area contributed by atoms with Crippen LogP contribution in [0.4, 0.5) is 0 Å². The van der Waals surface area contributed by atoms with Gasteiger partial charge in [0.05, 0.1) is 0 Å². The molecule has 1 aliphatic rings. The lowest BCUT2D eigenvalue weighted by atomic mass is 9.71. The first-order chi connectivity index (χ1) is 21.8. The molecule has 0 aromatic carbocycles. The van der Waals surface area contributed by atoms with Crippen molar-refractivity contribution in [2.75, 3.05) is 26.2 Å². The summed E-state index contributed by atoms with van der Waals surface area (Å²) in [6.45, 7) is 8.54. The summed E-state index contributed by atoms with van der Waals surface area (Å²) in [5, 5.41) is 9.24. The van der Waals surface area contributed by atoms with Gasteiger partial charge >= 0.3 is 0 Å². The summed E-state index contributed by atoms with van der Waals surface area (Å²) in [6.07, 6.45) is 54.8. The third-order valence-corrected chi connectivity index (χ3v) is 9.57. The molecule has 2 nitrogen and oxygen atoms in total. The predicted molar refractivity (Wildman–Crippen MR) is 199 cm³/mol. The summed E-state index contributed by atoms with van der Waals surface area (Å²) < 4.78 is 0. The van der Waals surface area contributed by atoms with Crippen LogP contribution in [0.15, 0.2) is 48.6 Å². The summed E-state index contributed by atoms with van der Waals surface area (Å²) in [5.74, 6) is 0. The fraction of sp³-hybridized carbons (Fsp3) is 0.810. The molecule has 1 fully saturated rings. The number of unbranched alkanes of at least 4 members (excludes halogenated alkanes) is 18. The highest BCUT2D eigenvalue weighted by molar-refractivity contribution is 4.95. The van der Waals surface area contributed by atoms with E-state index in [9.17, 15) is 5.11 Å². The minimum Gasteiger partial charge on any atom is -0.396 e. The average molecular weight is 612 g/mol. The van der Waals surface area contributed by atoms with E-state index in [1.807, 2.05) is 0 Å². The molecule has 1 saturated heterocycles. The Balaban J connectivity index is 2.05. The molecule has 0 atom stereocenters. The minimum atomic E-state index is 0.335. The van der Waals surface area contributed by atoms with E-state index in [1.165, 1.54) is 167 Å². The first-order valence-electron chi connectivity index (χ1n) is 19.7. The van der Waals surface area contributed by atoms with E-state index >= 15 is 0 Å². The highest BCUT2D eigenvalue weighted by atomic mass is 16.3. The summed E-state index contributed by atoms with van der Waals surface area (Å²) >= 11 is 0. The van der Waals surface area contributed by atoms with Gasteiger partial charge in [-0.1, -0.05) is 152 Å². The first kappa shape index (κ1) is 40.9. The van der Waals surface area contributed by atoms with Crippen LogP contribution in [0.5, 0.6) is 0 Å². The summed E-state index contributed by atoms with van der Waals surface area (Å²) in [4.78, 5) is 2.60. The van der Waals surface area contributed by atoms with Gasteiger partial charge in [0.2, 0.25) is 0 Å². The Morgan fingerprint density at radius 3 is 1.20 bits per heavy atom. The predicted octanol–water partition coefficient (Wildman–Crippen LogP) is 13.1. The lowest BCUT2D eigenvalue weighted by molar-refractivity contribution is -0.0197. The van der Waals surface area contributed by atoms with E-state index in [4.69, 9.17) is 0 Å². The molecule has 0 amide bonds. The summed E-state index contributed by atoms with van der Waals surface area (Å²) in [7, 11) is 0. The van der Waals surface area contributed by atoms with E-state index in [2.05, 4.69) is 67.4 Å². The summed E-state index contributed by atoms with van der Waals surface area (Å²) in [6, 6.07) is 0. The molecule has 0 bridgehead atoms. The third-order valence-electron chi connectivity index (χ3n) is 9.57. The van der Waals surface area contributed by atoms with Crippen LogP contribution in [-0.4, -0.2) is 36.2 Å². The Morgan fingerprint density at radius 2 is 0.818 bits per heavy atom. The van der Waals surface area contributed by atoms with Crippen LogP contribution >= 0.6 is 0 Å². The lowest BCUT2D eigenvalue weighted by Crippen LogP contribution is -2.56. The molecular formula is C42H77NO. The average Bonchev–Trinajstić information content (AvgIpc) is 3.01. The van der Waals surface area contributed by atoms with E-state index in [1.54, 1.807) is 0 Å². The Bertz CT molecular complexity index is 649. The Morgan fingerprint density at radius 1 is 0.455 bits per heavy atom. The van der Waals surface area contributed by atoms with Crippen LogP contribution in [0.25, 0.3) is 0 Å². The maximum atomic E-state index is 9.24. The van der Waals surface area contributed by atoms with Gasteiger partial charge < -0.3 is 10.0 Å². The number of likely N-dealkylation sites (tertiary alicyclic amines) is 1. The van der Waals surface area contributed by atoms with Crippen molar-refractivity contribution in [2.45, 2.75) is 187 Å². The standard InChI is InChI=1S/C42H77NO/c1-3-5-7-9-11-13-15-17-19-21-23-25-27-29-31-33-36-42(40-43(41-42)38-35-39-44)37-34-32-30-28-26-24-22-20-18-16-14-12-10-8-6-4-2/h11-14,17-20,44H,3-10,15-16,21-41H2,1-2H3/b13-11-,14-12-,19-17-,20-18-. The Labute approximate surface area is 276 Å². The van der Waals surface area contributed by atoms with Crippen molar-refractivity contribution in [3.63, 3.8) is 0 Å². The van der Waals surface area contributed by atoms with Crippen molar-refractivity contribution >= 4 is 0 Å². The lowest BCUT2D eigenvalue weighted by Gasteiger charge is -2.51. The molecule has 1 heterocycles. The zero-order valence-corrected chi connectivity index (χ0v) is 29.9. The minimum absolute atomic E-state index is 0.335. The monoisotopic (exact) mass is 612 g/mol. The third kappa shape index (κ3) is 25.1. The van der Waals surface area contributed by atoms with Crippen molar-refractivity contribution in [1.82, 2.24) is 4.90 Å². The molecule has 256 valence electrons. The molecule has 0 spiro atoms. The van der Waals surface area contributed by atoms with Gasteiger partial charge in [-0.2, -0.15) is 0 Å². The Kier molecular flexibility index (Phi) is 29.6. The van der Waals surface area contributed by atoms with Gasteiger partial charge in [-0.3, -0.25) is 0 Å². The molecule has 0 aromatic rings. The molecule has 0 unspecified atom stereocenters. The van der Waals surface area contributed by atoms with E-state index in [0.29, 0.717) is 12.0 Å². The maximum Gasteiger partial charge on any atom is 0.0443 e. The molecule has 0 radical (unpaired) electrons. The van der Waals surface area contributed by atoms with Crippen LogP contribution in [-0.2, 0) is 0 Å². The van der Waals surface area contributed by atoms with Crippen LogP contribution in [0.1, 0.15) is 187 Å². The van der Waals surface area contributed by atoms with Gasteiger partial charge in [-0.15, -0.1) is 0 Å². The zero-order valence-electron chi connectivity index (χ0n) is 29.9. The second kappa shape index (κ2) is 31.8. The van der Waals surface area contributed by atoms with E-state index in [0.717, 1.165) is 25.8 Å². The largest absolute Gasteiger partial charge is 0.396 e. The summed E-state index contributed by atoms with van der Waals surface area (Å²) in [5.41, 5.74) is 0.583. The number of aliphatic hydroxyl groups excluding tert-OH is 1. The van der Waals surface area contributed by atoms with Gasteiger partial charge in [0.25, 0.3) is 0 Å². The number of hydrogen-bond acceptors (Lipinski definition) is 2. The molecule has 1 rings (SSSR count). The number of hydrogen-bond donors (Lipinski definition) is 1. The van der Waals surface area contributed by atoms with E-state index in [-0.39, 0.29) is 0 Å². The molecule has 44 heavy (non-hydrogen) atoms. The highest BCUT2D eigenvalue weighted by Crippen LogP contribution is 2.40. The molecule has 1 aliphatic heterocycles. The first-order valence-corrected chi connectivity index (χ1v) is 19.7. The van der Waals surface area contributed by atoms with Gasteiger partial charge in [0, 0.05) is 26.2 Å². The Hall–Kier alpha value is -1.12. The SMILES string of the molecule is CCCCC/C=C\C/C=C\CCCCCCCCC1(CCCCCCCC/C=C\C/C=C\CCCCC)CN(CCCO)C1.